The number of hydrogen-bond donors (Lipinski definition) is 0. The monoisotopic (exact) mass is 287 g/mol. The molecule has 0 aliphatic carbocycles. The van der Waals surface area contributed by atoms with Crippen LogP contribution in [0.2, 0.25) is 0 Å². The van der Waals surface area contributed by atoms with Gasteiger partial charge < -0.3 is 4.90 Å². The zero-order valence-electron chi connectivity index (χ0n) is 12.1. The van der Waals surface area contributed by atoms with Gasteiger partial charge in [0.1, 0.15) is 0 Å². The van der Waals surface area contributed by atoms with Crippen molar-refractivity contribution in [2.75, 3.05) is 13.1 Å². The predicted octanol–water partition coefficient (Wildman–Crippen LogP) is 5.17. The van der Waals surface area contributed by atoms with Crippen LogP contribution in [-0.4, -0.2) is 23.2 Å². The second-order valence-electron chi connectivity index (χ2n) is 4.86. The Balaban J connectivity index is 2.11. The Morgan fingerprint density at radius 2 is 1.65 bits per heavy atom. The van der Waals surface area contributed by atoms with Crippen LogP contribution in [0.5, 0.6) is 0 Å². The van der Waals surface area contributed by atoms with E-state index in [0.717, 1.165) is 30.8 Å². The first-order chi connectivity index (χ1) is 9.74. The third kappa shape index (κ3) is 3.76. The molecule has 0 atom stereocenters. The van der Waals surface area contributed by atoms with Crippen molar-refractivity contribution >= 4 is 27.8 Å². The van der Waals surface area contributed by atoms with Crippen LogP contribution in [0.15, 0.2) is 47.4 Å². The molecule has 0 unspecified atom stereocenters. The number of nitrogens with zero attached hydrogens (tertiary/aromatic N) is 1. The summed E-state index contributed by atoms with van der Waals surface area (Å²) in [5, 5.41) is 2.55. The lowest BCUT2D eigenvalue weighted by atomic mass is 10.1. The molecule has 0 aliphatic heterocycles. The van der Waals surface area contributed by atoms with Crippen LogP contribution in [0.1, 0.15) is 26.7 Å². The van der Waals surface area contributed by atoms with Crippen molar-refractivity contribution in [2.45, 2.75) is 31.6 Å². The Labute approximate surface area is 125 Å². The zero-order valence-corrected chi connectivity index (χ0v) is 13.0. The first-order valence-corrected chi connectivity index (χ1v) is 8.01. The van der Waals surface area contributed by atoms with Gasteiger partial charge in [0.25, 0.3) is 5.24 Å². The molecule has 0 heterocycles. The topological polar surface area (TPSA) is 20.3 Å². The standard InChI is InChI=1S/C17H21NOS/c1-3-11-18(12-4-2)17(19)20-16-10-9-14-7-5-6-8-15(14)13-16/h5-10,13H,3-4,11-12H2,1-2H3. The molecular weight excluding hydrogens is 266 g/mol. The summed E-state index contributed by atoms with van der Waals surface area (Å²) in [4.78, 5) is 15.3. The summed E-state index contributed by atoms with van der Waals surface area (Å²) < 4.78 is 0. The molecule has 2 nitrogen and oxygen atoms in total. The molecule has 0 aromatic heterocycles. The predicted molar refractivity (Wildman–Crippen MR) is 87.4 cm³/mol. The van der Waals surface area contributed by atoms with Gasteiger partial charge in [0.2, 0.25) is 0 Å². The number of thioether (sulfide) groups is 1. The molecule has 3 heteroatoms. The molecule has 0 saturated carbocycles. The molecule has 2 aromatic carbocycles. The van der Waals surface area contributed by atoms with Crippen molar-refractivity contribution in [1.29, 1.82) is 0 Å². The summed E-state index contributed by atoms with van der Waals surface area (Å²) in [6.07, 6.45) is 2.01. The van der Waals surface area contributed by atoms with Crippen molar-refractivity contribution in [3.05, 3.63) is 42.5 Å². The normalized spacial score (nSPS) is 10.7. The molecule has 0 fully saturated rings. The van der Waals surface area contributed by atoms with Crippen LogP contribution in [-0.2, 0) is 0 Å². The highest BCUT2D eigenvalue weighted by Gasteiger charge is 2.13. The quantitative estimate of drug-likeness (QED) is 0.707. The van der Waals surface area contributed by atoms with E-state index in [9.17, 15) is 4.79 Å². The van der Waals surface area contributed by atoms with Crippen LogP contribution >= 0.6 is 11.8 Å². The molecular formula is C17H21NOS. The minimum Gasteiger partial charge on any atom is -0.333 e. The molecule has 0 spiro atoms. The number of hydrogen-bond acceptors (Lipinski definition) is 2. The van der Waals surface area contributed by atoms with E-state index in [2.05, 4.69) is 38.1 Å². The van der Waals surface area contributed by atoms with Gasteiger partial charge in [-0.3, -0.25) is 4.79 Å². The lowest BCUT2D eigenvalue weighted by Crippen LogP contribution is -2.29. The number of fused-ring (bicyclic) bond motifs is 1. The van der Waals surface area contributed by atoms with E-state index in [4.69, 9.17) is 0 Å². The van der Waals surface area contributed by atoms with E-state index in [1.165, 1.54) is 22.5 Å². The first-order valence-electron chi connectivity index (χ1n) is 7.20. The molecule has 2 aromatic rings. The molecule has 2 rings (SSSR count). The fourth-order valence-corrected chi connectivity index (χ4v) is 3.07. The van der Waals surface area contributed by atoms with Gasteiger partial charge >= 0.3 is 0 Å². The van der Waals surface area contributed by atoms with Crippen LogP contribution < -0.4 is 0 Å². The van der Waals surface area contributed by atoms with Gasteiger partial charge in [0.15, 0.2) is 0 Å². The van der Waals surface area contributed by atoms with Gasteiger partial charge in [-0.15, -0.1) is 0 Å². The first kappa shape index (κ1) is 14.9. The van der Waals surface area contributed by atoms with Crippen LogP contribution in [0.3, 0.4) is 0 Å². The van der Waals surface area contributed by atoms with Gasteiger partial charge in [-0.1, -0.05) is 44.2 Å². The minimum absolute atomic E-state index is 0.156. The van der Waals surface area contributed by atoms with Crippen LogP contribution in [0.4, 0.5) is 4.79 Å². The van der Waals surface area contributed by atoms with Gasteiger partial charge in [0.05, 0.1) is 0 Å². The minimum atomic E-state index is 0.156. The number of amides is 1. The van der Waals surface area contributed by atoms with E-state index >= 15 is 0 Å². The maximum atomic E-state index is 12.3. The van der Waals surface area contributed by atoms with E-state index in [1.807, 2.05) is 23.1 Å². The summed E-state index contributed by atoms with van der Waals surface area (Å²) in [7, 11) is 0. The molecule has 0 bridgehead atoms. The van der Waals surface area contributed by atoms with Gasteiger partial charge in [0, 0.05) is 18.0 Å². The Morgan fingerprint density at radius 3 is 2.30 bits per heavy atom. The second kappa shape index (κ2) is 7.34. The molecule has 0 N–H and O–H groups in total. The third-order valence-electron chi connectivity index (χ3n) is 3.17. The highest BCUT2D eigenvalue weighted by Crippen LogP contribution is 2.26. The maximum absolute atomic E-state index is 12.3. The Bertz CT molecular complexity index is 576. The van der Waals surface area contributed by atoms with E-state index in [1.54, 1.807) is 0 Å². The summed E-state index contributed by atoms with van der Waals surface area (Å²) >= 11 is 1.33. The number of benzene rings is 2. The summed E-state index contributed by atoms with van der Waals surface area (Å²) in [6.45, 7) is 5.90. The Kier molecular flexibility index (Phi) is 5.48. The average Bonchev–Trinajstić information content (AvgIpc) is 2.47. The molecule has 106 valence electrons. The molecule has 0 aliphatic rings. The average molecular weight is 287 g/mol. The Morgan fingerprint density at radius 1 is 1.00 bits per heavy atom. The smallest absolute Gasteiger partial charge is 0.286 e. The summed E-state index contributed by atoms with van der Waals surface area (Å²) in [5.74, 6) is 0. The Hall–Kier alpha value is -1.48. The van der Waals surface area contributed by atoms with Crippen molar-refractivity contribution in [1.82, 2.24) is 4.90 Å². The van der Waals surface area contributed by atoms with Gasteiger partial charge in [-0.2, -0.15) is 0 Å². The third-order valence-corrected chi connectivity index (χ3v) is 4.09. The van der Waals surface area contributed by atoms with E-state index < -0.39 is 0 Å². The van der Waals surface area contributed by atoms with Crippen molar-refractivity contribution in [3.8, 4) is 0 Å². The van der Waals surface area contributed by atoms with E-state index in [0.29, 0.717) is 0 Å². The lowest BCUT2D eigenvalue weighted by Gasteiger charge is -2.20. The number of carbonyl (C=O) groups is 1. The second-order valence-corrected chi connectivity index (χ2v) is 5.89. The van der Waals surface area contributed by atoms with Crippen molar-refractivity contribution in [3.63, 3.8) is 0 Å². The highest BCUT2D eigenvalue weighted by molar-refractivity contribution is 8.13. The molecule has 0 saturated heterocycles. The molecule has 0 radical (unpaired) electrons. The highest BCUT2D eigenvalue weighted by atomic mass is 32.2. The van der Waals surface area contributed by atoms with Crippen molar-refractivity contribution < 1.29 is 4.79 Å². The fourth-order valence-electron chi connectivity index (χ4n) is 2.23. The van der Waals surface area contributed by atoms with Gasteiger partial charge in [-0.25, -0.2) is 0 Å². The summed E-state index contributed by atoms with van der Waals surface area (Å²) in [6, 6.07) is 14.4. The SMILES string of the molecule is CCCN(CCC)C(=O)Sc1ccc2ccccc2c1. The van der Waals surface area contributed by atoms with Crippen LogP contribution in [0.25, 0.3) is 10.8 Å². The zero-order chi connectivity index (χ0) is 14.4. The maximum Gasteiger partial charge on any atom is 0.286 e. The molecule has 20 heavy (non-hydrogen) atoms. The largest absolute Gasteiger partial charge is 0.333 e. The van der Waals surface area contributed by atoms with Gasteiger partial charge in [-0.05, 0) is 47.5 Å². The van der Waals surface area contributed by atoms with Crippen LogP contribution in [0, 0.1) is 0 Å². The number of rotatable bonds is 5. The number of carbonyl (C=O) groups excluding carboxylic acids is 1. The van der Waals surface area contributed by atoms with E-state index in [-0.39, 0.29) is 5.24 Å². The molecule has 1 amide bonds. The van der Waals surface area contributed by atoms with Crippen molar-refractivity contribution in [2.24, 2.45) is 0 Å². The fraction of sp³-hybridized carbons (Fsp3) is 0.353. The summed E-state index contributed by atoms with van der Waals surface area (Å²) in [5.41, 5.74) is 0. The lowest BCUT2D eigenvalue weighted by molar-refractivity contribution is 0.223.